The molecule has 2 aliphatic heterocycles. The molecule has 1 amide bonds. The van der Waals surface area contributed by atoms with Gasteiger partial charge in [0, 0.05) is 30.5 Å². The largest absolute Gasteiger partial charge is 0.495 e. The summed E-state index contributed by atoms with van der Waals surface area (Å²) in [5, 5.41) is 3.42. The van der Waals surface area contributed by atoms with E-state index in [1.54, 1.807) is 25.3 Å². The zero-order chi connectivity index (χ0) is 20.2. The topological polar surface area (TPSA) is 61.2 Å². The van der Waals surface area contributed by atoms with E-state index in [0.717, 1.165) is 37.3 Å². The highest BCUT2D eigenvalue weighted by Gasteiger charge is 2.32. The molecule has 2 atom stereocenters. The first-order valence-corrected chi connectivity index (χ1v) is 10.4. The second kappa shape index (κ2) is 8.93. The zero-order valence-electron chi connectivity index (χ0n) is 16.5. The van der Waals surface area contributed by atoms with E-state index in [2.05, 4.69) is 17.4 Å². The van der Waals surface area contributed by atoms with E-state index in [0.29, 0.717) is 36.2 Å². The lowest BCUT2D eigenvalue weighted by molar-refractivity contribution is -0.910. The number of quaternary nitrogens is 1. The Morgan fingerprint density at radius 3 is 2.79 bits per heavy atom. The molecular weight excluding hydrogens is 392 g/mol. The number of carbonyl (C=O) groups excluding carboxylic acids is 1. The first-order valence-electron chi connectivity index (χ1n) is 10.0. The Morgan fingerprint density at radius 1 is 1.17 bits per heavy atom. The Kier molecular flexibility index (Phi) is 6.11. The van der Waals surface area contributed by atoms with E-state index in [4.69, 9.17) is 25.8 Å². The number of nitrogens with one attached hydrogen (secondary N) is 2. The van der Waals surface area contributed by atoms with Gasteiger partial charge in [-0.15, -0.1) is 0 Å². The third-order valence-corrected chi connectivity index (χ3v) is 5.78. The van der Waals surface area contributed by atoms with Crippen molar-refractivity contribution < 1.29 is 23.9 Å². The second-order valence-electron chi connectivity index (χ2n) is 7.43. The van der Waals surface area contributed by atoms with E-state index in [1.807, 2.05) is 6.07 Å². The third-order valence-electron chi connectivity index (χ3n) is 5.48. The number of likely N-dealkylation sites (tertiary alicyclic amines) is 1. The van der Waals surface area contributed by atoms with Gasteiger partial charge in [-0.2, -0.15) is 0 Å². The number of fused-ring (bicyclic) bond motifs is 1. The Balaban J connectivity index is 1.43. The Bertz CT molecular complexity index is 889. The maximum atomic E-state index is 12.6. The predicted octanol–water partition coefficient (Wildman–Crippen LogP) is 2.87. The molecule has 2 aliphatic rings. The van der Waals surface area contributed by atoms with Crippen LogP contribution in [0.3, 0.4) is 0 Å². The molecule has 6 nitrogen and oxygen atoms in total. The number of hydrogen-bond acceptors (Lipinski definition) is 4. The van der Waals surface area contributed by atoms with Crippen molar-refractivity contribution >= 4 is 23.2 Å². The minimum atomic E-state index is -0.0255. The molecule has 4 rings (SSSR count). The lowest BCUT2D eigenvalue weighted by atomic mass is 10.0. The summed E-state index contributed by atoms with van der Waals surface area (Å²) < 4.78 is 16.7. The van der Waals surface area contributed by atoms with Crippen molar-refractivity contribution in [2.24, 2.45) is 0 Å². The number of benzene rings is 2. The molecule has 0 bridgehead atoms. The van der Waals surface area contributed by atoms with Crippen LogP contribution in [0, 0.1) is 0 Å². The van der Waals surface area contributed by atoms with Gasteiger partial charge in [-0.1, -0.05) is 11.6 Å². The number of anilines is 1. The van der Waals surface area contributed by atoms with Crippen LogP contribution in [0.2, 0.25) is 5.02 Å². The van der Waals surface area contributed by atoms with Crippen molar-refractivity contribution in [2.75, 3.05) is 38.7 Å². The molecule has 0 saturated carbocycles. The highest BCUT2D eigenvalue weighted by atomic mass is 35.5. The summed E-state index contributed by atoms with van der Waals surface area (Å²) in [4.78, 5) is 13.9. The summed E-state index contributed by atoms with van der Waals surface area (Å²) in [7, 11) is 1.57. The molecular formula is C22H26ClN2O4+. The summed E-state index contributed by atoms with van der Waals surface area (Å²) in [6, 6.07) is 11.7. The quantitative estimate of drug-likeness (QED) is 0.785. The Labute approximate surface area is 175 Å². The van der Waals surface area contributed by atoms with Gasteiger partial charge in [-0.25, -0.2) is 0 Å². The fourth-order valence-electron chi connectivity index (χ4n) is 4.08. The van der Waals surface area contributed by atoms with E-state index >= 15 is 0 Å². The normalized spacial score (nSPS) is 20.8. The van der Waals surface area contributed by atoms with Gasteiger partial charge in [0.15, 0.2) is 18.0 Å². The van der Waals surface area contributed by atoms with E-state index in [9.17, 15) is 4.79 Å². The Hall–Kier alpha value is -2.44. The number of amides is 1. The van der Waals surface area contributed by atoms with Crippen molar-refractivity contribution in [1.82, 2.24) is 0 Å². The SMILES string of the molecule is COc1ccc(NC(=O)C[NH+]2CCC[C@H]2c2ccc3c(c2)OCCCO3)cc1Cl. The fraction of sp³-hybridized carbons (Fsp3) is 0.409. The summed E-state index contributed by atoms with van der Waals surface area (Å²) in [6.07, 6.45) is 3.03. The monoisotopic (exact) mass is 417 g/mol. The molecule has 0 aliphatic carbocycles. The van der Waals surface area contributed by atoms with Gasteiger partial charge in [0.1, 0.15) is 11.8 Å². The number of methoxy groups -OCH3 is 1. The summed E-state index contributed by atoms with van der Waals surface area (Å²) >= 11 is 6.15. The molecule has 29 heavy (non-hydrogen) atoms. The van der Waals surface area contributed by atoms with Gasteiger partial charge in [0.05, 0.1) is 31.9 Å². The number of ether oxygens (including phenoxy) is 3. The van der Waals surface area contributed by atoms with Gasteiger partial charge in [-0.3, -0.25) is 4.79 Å². The van der Waals surface area contributed by atoms with Crippen molar-refractivity contribution in [3.05, 3.63) is 47.0 Å². The molecule has 0 radical (unpaired) electrons. The summed E-state index contributed by atoms with van der Waals surface area (Å²) in [5.41, 5.74) is 1.87. The van der Waals surface area contributed by atoms with Crippen LogP contribution in [0.1, 0.15) is 30.9 Å². The molecule has 1 saturated heterocycles. The summed E-state index contributed by atoms with van der Waals surface area (Å²) in [5.74, 6) is 2.18. The van der Waals surface area contributed by atoms with E-state index in [-0.39, 0.29) is 11.9 Å². The van der Waals surface area contributed by atoms with Crippen LogP contribution >= 0.6 is 11.6 Å². The molecule has 1 unspecified atom stereocenters. The highest BCUT2D eigenvalue weighted by molar-refractivity contribution is 6.32. The smallest absolute Gasteiger partial charge is 0.279 e. The van der Waals surface area contributed by atoms with Crippen molar-refractivity contribution in [3.63, 3.8) is 0 Å². The number of halogens is 1. The molecule has 0 aromatic heterocycles. The number of carbonyl (C=O) groups is 1. The lowest BCUT2D eigenvalue weighted by Gasteiger charge is -2.22. The van der Waals surface area contributed by atoms with Crippen LogP contribution in [0.4, 0.5) is 5.69 Å². The average Bonchev–Trinajstić information content (AvgIpc) is 3.03. The van der Waals surface area contributed by atoms with Crippen LogP contribution in [0.25, 0.3) is 0 Å². The Morgan fingerprint density at radius 2 is 2.00 bits per heavy atom. The molecule has 154 valence electrons. The average molecular weight is 418 g/mol. The van der Waals surface area contributed by atoms with Gasteiger partial charge >= 0.3 is 0 Å². The van der Waals surface area contributed by atoms with Crippen LogP contribution in [-0.2, 0) is 4.79 Å². The minimum Gasteiger partial charge on any atom is -0.495 e. The van der Waals surface area contributed by atoms with E-state index in [1.165, 1.54) is 10.5 Å². The minimum absolute atomic E-state index is 0.0255. The van der Waals surface area contributed by atoms with Gasteiger partial charge < -0.3 is 24.4 Å². The number of rotatable bonds is 5. The van der Waals surface area contributed by atoms with Crippen LogP contribution in [0.5, 0.6) is 17.2 Å². The van der Waals surface area contributed by atoms with Crippen LogP contribution < -0.4 is 24.4 Å². The van der Waals surface area contributed by atoms with Crippen LogP contribution in [0.15, 0.2) is 36.4 Å². The molecule has 2 heterocycles. The third kappa shape index (κ3) is 4.60. The molecule has 2 N–H and O–H groups in total. The fourth-order valence-corrected chi connectivity index (χ4v) is 4.34. The van der Waals surface area contributed by atoms with Crippen molar-refractivity contribution in [2.45, 2.75) is 25.3 Å². The zero-order valence-corrected chi connectivity index (χ0v) is 17.3. The molecule has 0 spiro atoms. The molecule has 2 aromatic rings. The highest BCUT2D eigenvalue weighted by Crippen LogP contribution is 2.33. The summed E-state index contributed by atoms with van der Waals surface area (Å²) in [6.45, 7) is 2.73. The van der Waals surface area contributed by atoms with Crippen molar-refractivity contribution in [1.29, 1.82) is 0 Å². The van der Waals surface area contributed by atoms with Gasteiger partial charge in [0.2, 0.25) is 0 Å². The molecule has 7 heteroatoms. The molecule has 1 fully saturated rings. The number of hydrogen-bond donors (Lipinski definition) is 2. The first-order chi connectivity index (χ1) is 14.1. The first kappa shape index (κ1) is 19.9. The van der Waals surface area contributed by atoms with Gasteiger partial charge in [0.25, 0.3) is 5.91 Å². The second-order valence-corrected chi connectivity index (χ2v) is 7.84. The molecule has 2 aromatic carbocycles. The van der Waals surface area contributed by atoms with Gasteiger partial charge in [-0.05, 0) is 36.4 Å². The van der Waals surface area contributed by atoms with Crippen molar-refractivity contribution in [3.8, 4) is 17.2 Å². The maximum absolute atomic E-state index is 12.6. The maximum Gasteiger partial charge on any atom is 0.279 e. The van der Waals surface area contributed by atoms with Crippen LogP contribution in [-0.4, -0.2) is 39.3 Å². The predicted molar refractivity (Wildman–Crippen MR) is 111 cm³/mol. The standard InChI is InChI=1S/C22H25ClN2O4/c1-27-19-8-6-16(13-17(19)23)24-22(26)14-25-9-2-4-18(25)15-5-7-20-21(12-15)29-11-3-10-28-20/h5-8,12-13,18H,2-4,9-11,14H2,1H3,(H,24,26)/p+1/t18-/m0/s1. The van der Waals surface area contributed by atoms with E-state index < -0.39 is 0 Å². The lowest BCUT2D eigenvalue weighted by Crippen LogP contribution is -3.11.